The SMILES string of the molecule is NCC(=O)NCC(=O)N1CCOC(c2ccc(F)c(Cl)c2)C1. The number of morpholine rings is 1. The molecular formula is C14H17ClFN3O3. The largest absolute Gasteiger partial charge is 0.370 e. The van der Waals surface area contributed by atoms with Gasteiger partial charge < -0.3 is 20.7 Å². The molecule has 6 nitrogen and oxygen atoms in total. The summed E-state index contributed by atoms with van der Waals surface area (Å²) >= 11 is 5.76. The molecule has 8 heteroatoms. The van der Waals surface area contributed by atoms with Crippen LogP contribution in [0.1, 0.15) is 11.7 Å². The molecule has 1 unspecified atom stereocenters. The van der Waals surface area contributed by atoms with E-state index in [4.69, 9.17) is 22.1 Å². The van der Waals surface area contributed by atoms with Gasteiger partial charge in [-0.25, -0.2) is 4.39 Å². The second-order valence-corrected chi connectivity index (χ2v) is 5.26. The van der Waals surface area contributed by atoms with Crippen molar-refractivity contribution >= 4 is 23.4 Å². The van der Waals surface area contributed by atoms with Crippen LogP contribution in [0.2, 0.25) is 5.02 Å². The molecule has 0 spiro atoms. The molecule has 120 valence electrons. The topological polar surface area (TPSA) is 84.7 Å². The Hall–Kier alpha value is -1.70. The summed E-state index contributed by atoms with van der Waals surface area (Å²) in [5, 5.41) is 2.45. The van der Waals surface area contributed by atoms with Gasteiger partial charge in [-0.2, -0.15) is 0 Å². The molecule has 1 atom stereocenters. The summed E-state index contributed by atoms with van der Waals surface area (Å²) in [4.78, 5) is 24.7. The zero-order valence-corrected chi connectivity index (χ0v) is 12.6. The van der Waals surface area contributed by atoms with Crippen LogP contribution in [0.5, 0.6) is 0 Å². The highest BCUT2D eigenvalue weighted by molar-refractivity contribution is 6.30. The van der Waals surface area contributed by atoms with Crippen LogP contribution in [0, 0.1) is 5.82 Å². The Morgan fingerprint density at radius 1 is 1.50 bits per heavy atom. The number of nitrogens with zero attached hydrogens (tertiary/aromatic N) is 1. The van der Waals surface area contributed by atoms with Crippen molar-refractivity contribution in [1.29, 1.82) is 0 Å². The molecule has 22 heavy (non-hydrogen) atoms. The van der Waals surface area contributed by atoms with Crippen molar-refractivity contribution in [2.45, 2.75) is 6.10 Å². The van der Waals surface area contributed by atoms with Crippen molar-refractivity contribution in [2.75, 3.05) is 32.8 Å². The zero-order valence-electron chi connectivity index (χ0n) is 11.9. The standard InChI is InChI=1S/C14H17ClFN3O3/c15-10-5-9(1-2-11(10)16)12-8-19(3-4-22-12)14(21)7-18-13(20)6-17/h1-2,5,12H,3-4,6-8,17H2,(H,18,20). The number of halogens is 2. The molecule has 2 amide bonds. The van der Waals surface area contributed by atoms with Gasteiger partial charge in [-0.3, -0.25) is 9.59 Å². The van der Waals surface area contributed by atoms with Crippen LogP contribution in [0.3, 0.4) is 0 Å². The van der Waals surface area contributed by atoms with Gasteiger partial charge in [0.2, 0.25) is 11.8 Å². The average Bonchev–Trinajstić information content (AvgIpc) is 2.54. The molecular weight excluding hydrogens is 313 g/mol. The van der Waals surface area contributed by atoms with Crippen LogP contribution in [0.4, 0.5) is 4.39 Å². The monoisotopic (exact) mass is 329 g/mol. The van der Waals surface area contributed by atoms with Crippen LogP contribution in [-0.4, -0.2) is 49.5 Å². The number of carbonyl (C=O) groups excluding carboxylic acids is 2. The Morgan fingerprint density at radius 2 is 2.27 bits per heavy atom. The maximum Gasteiger partial charge on any atom is 0.242 e. The first-order valence-electron chi connectivity index (χ1n) is 6.82. The molecule has 0 saturated carbocycles. The van der Waals surface area contributed by atoms with Crippen molar-refractivity contribution in [3.8, 4) is 0 Å². The Balaban J connectivity index is 1.97. The molecule has 1 aliphatic heterocycles. The van der Waals surface area contributed by atoms with Crippen LogP contribution < -0.4 is 11.1 Å². The first-order chi connectivity index (χ1) is 10.5. The average molecular weight is 330 g/mol. The number of carbonyl (C=O) groups is 2. The molecule has 2 rings (SSSR count). The molecule has 1 heterocycles. The van der Waals surface area contributed by atoms with E-state index in [-0.39, 0.29) is 36.0 Å². The summed E-state index contributed by atoms with van der Waals surface area (Å²) in [6, 6.07) is 4.34. The smallest absolute Gasteiger partial charge is 0.242 e. The van der Waals surface area contributed by atoms with E-state index in [1.54, 1.807) is 11.0 Å². The highest BCUT2D eigenvalue weighted by Gasteiger charge is 2.25. The van der Waals surface area contributed by atoms with Gasteiger partial charge in [0, 0.05) is 6.54 Å². The minimum absolute atomic E-state index is 0.0137. The molecule has 0 radical (unpaired) electrons. The number of hydrogen-bond donors (Lipinski definition) is 2. The van der Waals surface area contributed by atoms with Gasteiger partial charge in [-0.15, -0.1) is 0 Å². The summed E-state index contributed by atoms with van der Waals surface area (Å²) < 4.78 is 18.8. The van der Waals surface area contributed by atoms with Gasteiger partial charge >= 0.3 is 0 Å². The van der Waals surface area contributed by atoms with Crippen molar-refractivity contribution in [3.05, 3.63) is 34.6 Å². The molecule has 1 fully saturated rings. The lowest BCUT2D eigenvalue weighted by molar-refractivity contribution is -0.139. The molecule has 0 aliphatic carbocycles. The van der Waals surface area contributed by atoms with Crippen LogP contribution in [0.25, 0.3) is 0 Å². The van der Waals surface area contributed by atoms with E-state index in [9.17, 15) is 14.0 Å². The van der Waals surface area contributed by atoms with Gasteiger partial charge in [0.1, 0.15) is 11.9 Å². The number of nitrogens with one attached hydrogen (secondary N) is 1. The lowest BCUT2D eigenvalue weighted by Gasteiger charge is -2.33. The molecule has 1 aromatic carbocycles. The summed E-state index contributed by atoms with van der Waals surface area (Å²) in [6.07, 6.45) is -0.374. The summed E-state index contributed by atoms with van der Waals surface area (Å²) in [7, 11) is 0. The molecule has 0 aromatic heterocycles. The first-order valence-corrected chi connectivity index (χ1v) is 7.20. The number of hydrogen-bond acceptors (Lipinski definition) is 4. The molecule has 1 saturated heterocycles. The number of benzene rings is 1. The number of ether oxygens (including phenoxy) is 1. The molecule has 3 N–H and O–H groups in total. The third kappa shape index (κ3) is 4.16. The fourth-order valence-corrected chi connectivity index (χ4v) is 2.34. The Kier molecular flexibility index (Phi) is 5.70. The second kappa shape index (κ2) is 7.53. The van der Waals surface area contributed by atoms with E-state index in [1.807, 2.05) is 0 Å². The van der Waals surface area contributed by atoms with E-state index in [0.29, 0.717) is 25.3 Å². The summed E-state index contributed by atoms with van der Waals surface area (Å²) in [5.74, 6) is -1.11. The maximum atomic E-state index is 13.2. The molecule has 1 aliphatic rings. The lowest BCUT2D eigenvalue weighted by Crippen LogP contribution is -2.47. The minimum atomic E-state index is -0.501. The molecule has 0 bridgehead atoms. The predicted molar refractivity (Wildman–Crippen MR) is 78.7 cm³/mol. The van der Waals surface area contributed by atoms with Crippen LogP contribution >= 0.6 is 11.6 Å². The Labute approximate surface area is 132 Å². The summed E-state index contributed by atoms with van der Waals surface area (Å²) in [6.45, 7) is 0.846. The van der Waals surface area contributed by atoms with Crippen LogP contribution in [0.15, 0.2) is 18.2 Å². The fourth-order valence-electron chi connectivity index (χ4n) is 2.15. The quantitative estimate of drug-likeness (QED) is 0.840. The third-order valence-corrected chi connectivity index (χ3v) is 3.65. The lowest BCUT2D eigenvalue weighted by atomic mass is 10.1. The van der Waals surface area contributed by atoms with E-state index < -0.39 is 5.82 Å². The van der Waals surface area contributed by atoms with Gasteiger partial charge in [0.25, 0.3) is 0 Å². The molecule has 1 aromatic rings. The highest BCUT2D eigenvalue weighted by atomic mass is 35.5. The Bertz CT molecular complexity index is 570. The van der Waals surface area contributed by atoms with Gasteiger partial charge in [0.15, 0.2) is 0 Å². The van der Waals surface area contributed by atoms with Crippen molar-refractivity contribution in [3.63, 3.8) is 0 Å². The normalized spacial score (nSPS) is 18.1. The number of nitrogens with two attached hydrogens (primary N) is 1. The van der Waals surface area contributed by atoms with E-state index in [1.165, 1.54) is 12.1 Å². The van der Waals surface area contributed by atoms with Gasteiger partial charge in [0.05, 0.1) is 31.3 Å². The minimum Gasteiger partial charge on any atom is -0.370 e. The van der Waals surface area contributed by atoms with E-state index in [2.05, 4.69) is 5.32 Å². The van der Waals surface area contributed by atoms with Crippen LogP contribution in [-0.2, 0) is 14.3 Å². The number of amides is 2. The highest BCUT2D eigenvalue weighted by Crippen LogP contribution is 2.26. The summed E-state index contributed by atoms with van der Waals surface area (Å²) in [5.41, 5.74) is 5.86. The van der Waals surface area contributed by atoms with Crippen molar-refractivity contribution in [2.24, 2.45) is 5.73 Å². The van der Waals surface area contributed by atoms with E-state index >= 15 is 0 Å². The fraction of sp³-hybridized carbons (Fsp3) is 0.429. The second-order valence-electron chi connectivity index (χ2n) is 4.85. The third-order valence-electron chi connectivity index (χ3n) is 3.36. The van der Waals surface area contributed by atoms with Crippen molar-refractivity contribution in [1.82, 2.24) is 10.2 Å². The van der Waals surface area contributed by atoms with Gasteiger partial charge in [-0.1, -0.05) is 17.7 Å². The predicted octanol–water partition coefficient (Wildman–Crippen LogP) is 0.454. The van der Waals surface area contributed by atoms with Crippen molar-refractivity contribution < 1.29 is 18.7 Å². The Morgan fingerprint density at radius 3 is 2.95 bits per heavy atom. The number of rotatable bonds is 4. The first kappa shape index (κ1) is 16.7. The van der Waals surface area contributed by atoms with Gasteiger partial charge in [-0.05, 0) is 17.7 Å². The van der Waals surface area contributed by atoms with E-state index in [0.717, 1.165) is 0 Å². The zero-order chi connectivity index (χ0) is 16.1. The maximum absolute atomic E-state index is 13.2.